The van der Waals surface area contributed by atoms with Crippen molar-refractivity contribution in [2.75, 3.05) is 12.4 Å². The minimum atomic E-state index is -0.272. The van der Waals surface area contributed by atoms with Gasteiger partial charge in [-0.15, -0.1) is 0 Å². The van der Waals surface area contributed by atoms with Gasteiger partial charge in [-0.25, -0.2) is 9.80 Å². The molecule has 0 bridgehead atoms. The van der Waals surface area contributed by atoms with E-state index in [1.807, 2.05) is 56.3 Å². The first-order valence-corrected chi connectivity index (χ1v) is 7.67. The van der Waals surface area contributed by atoms with Crippen molar-refractivity contribution in [3.63, 3.8) is 0 Å². The number of rotatable bonds is 3. The Morgan fingerprint density at radius 1 is 1.14 bits per heavy atom. The number of nitrogens with one attached hydrogen (secondary N) is 1. The Hall–Kier alpha value is -2.14. The first kappa shape index (κ1) is 16.2. The van der Waals surface area contributed by atoms with Crippen molar-refractivity contribution in [1.82, 2.24) is 5.01 Å². The van der Waals surface area contributed by atoms with Crippen LogP contribution in [0.4, 0.5) is 10.5 Å². The van der Waals surface area contributed by atoms with Crippen molar-refractivity contribution in [2.45, 2.75) is 13.8 Å². The Balaban J connectivity index is 2.04. The minimum absolute atomic E-state index is 0.272. The van der Waals surface area contributed by atoms with Crippen molar-refractivity contribution in [3.05, 3.63) is 63.6 Å². The lowest BCUT2D eigenvalue weighted by Gasteiger charge is -2.15. The summed E-state index contributed by atoms with van der Waals surface area (Å²) in [6, 6.07) is 13.3. The van der Waals surface area contributed by atoms with E-state index in [0.29, 0.717) is 0 Å². The number of benzene rings is 2. The molecule has 0 saturated heterocycles. The molecule has 4 nitrogen and oxygen atoms in total. The quantitative estimate of drug-likeness (QED) is 0.633. The second-order valence-electron chi connectivity index (χ2n) is 5.02. The molecule has 0 aliphatic rings. The maximum Gasteiger partial charge on any atom is 0.341 e. The van der Waals surface area contributed by atoms with Crippen LogP contribution in [0, 0.1) is 13.8 Å². The molecule has 0 atom stereocenters. The lowest BCUT2D eigenvalue weighted by molar-refractivity contribution is 0.224. The second kappa shape index (κ2) is 7.22. The van der Waals surface area contributed by atoms with Crippen LogP contribution in [0.1, 0.15) is 16.7 Å². The lowest BCUT2D eigenvalue weighted by Crippen LogP contribution is -2.27. The van der Waals surface area contributed by atoms with Crippen LogP contribution in [0.2, 0.25) is 0 Å². The molecule has 0 unspecified atom stereocenters. The van der Waals surface area contributed by atoms with Gasteiger partial charge in [-0.05, 0) is 42.7 Å². The van der Waals surface area contributed by atoms with Gasteiger partial charge in [0.25, 0.3) is 0 Å². The molecular formula is C17H18BrN3O. The molecule has 0 saturated carbocycles. The zero-order chi connectivity index (χ0) is 16.1. The van der Waals surface area contributed by atoms with Gasteiger partial charge in [-0.2, -0.15) is 5.10 Å². The summed E-state index contributed by atoms with van der Waals surface area (Å²) in [6.07, 6.45) is 1.65. The zero-order valence-electron chi connectivity index (χ0n) is 12.8. The summed E-state index contributed by atoms with van der Waals surface area (Å²) in [5.41, 5.74) is 3.81. The van der Waals surface area contributed by atoms with Crippen LogP contribution in [-0.4, -0.2) is 24.3 Å². The number of hydrogen-bond acceptors (Lipinski definition) is 2. The van der Waals surface area contributed by atoms with Crippen molar-refractivity contribution < 1.29 is 4.79 Å². The Kier molecular flexibility index (Phi) is 5.33. The average Bonchev–Trinajstić information content (AvgIpc) is 2.50. The van der Waals surface area contributed by atoms with E-state index in [1.165, 1.54) is 5.01 Å². The fraction of sp³-hybridized carbons (Fsp3) is 0.176. The van der Waals surface area contributed by atoms with Gasteiger partial charge < -0.3 is 5.32 Å². The van der Waals surface area contributed by atoms with Crippen molar-refractivity contribution in [2.24, 2.45) is 5.10 Å². The van der Waals surface area contributed by atoms with E-state index in [1.54, 1.807) is 13.3 Å². The summed E-state index contributed by atoms with van der Waals surface area (Å²) < 4.78 is 1.01. The highest BCUT2D eigenvalue weighted by atomic mass is 79.9. The van der Waals surface area contributed by atoms with Crippen molar-refractivity contribution in [1.29, 1.82) is 0 Å². The third-order valence-electron chi connectivity index (χ3n) is 3.26. The van der Waals surface area contributed by atoms with Gasteiger partial charge >= 0.3 is 6.03 Å². The standard InChI is InChI=1S/C17H18BrN3O/c1-12-5-4-6-13(2)16(12)20-17(22)21(3)19-11-14-7-9-15(18)10-8-14/h4-11H,1-3H3,(H,20,22). The van der Waals surface area contributed by atoms with Gasteiger partial charge in [0, 0.05) is 17.2 Å². The first-order valence-electron chi connectivity index (χ1n) is 6.88. The van der Waals surface area contributed by atoms with Crippen LogP contribution >= 0.6 is 15.9 Å². The van der Waals surface area contributed by atoms with Crippen LogP contribution in [0.5, 0.6) is 0 Å². The summed E-state index contributed by atoms with van der Waals surface area (Å²) in [7, 11) is 1.62. The zero-order valence-corrected chi connectivity index (χ0v) is 14.4. The molecule has 1 N–H and O–H groups in total. The van der Waals surface area contributed by atoms with E-state index in [-0.39, 0.29) is 6.03 Å². The number of amides is 2. The second-order valence-corrected chi connectivity index (χ2v) is 5.93. The molecular weight excluding hydrogens is 342 g/mol. The van der Waals surface area contributed by atoms with Crippen LogP contribution in [0.15, 0.2) is 52.0 Å². The van der Waals surface area contributed by atoms with E-state index in [4.69, 9.17) is 0 Å². The van der Waals surface area contributed by atoms with E-state index >= 15 is 0 Å². The summed E-state index contributed by atoms with van der Waals surface area (Å²) in [5.74, 6) is 0. The number of anilines is 1. The van der Waals surface area contributed by atoms with Crippen LogP contribution in [0.3, 0.4) is 0 Å². The normalized spacial score (nSPS) is 10.7. The molecule has 2 aromatic rings. The minimum Gasteiger partial charge on any atom is -0.306 e. The Morgan fingerprint density at radius 2 is 1.73 bits per heavy atom. The Bertz CT molecular complexity index is 675. The van der Waals surface area contributed by atoms with Crippen LogP contribution in [-0.2, 0) is 0 Å². The summed E-state index contributed by atoms with van der Waals surface area (Å²) in [6.45, 7) is 3.93. The van der Waals surface area contributed by atoms with Gasteiger partial charge in [0.2, 0.25) is 0 Å². The van der Waals surface area contributed by atoms with Crippen LogP contribution in [0.25, 0.3) is 0 Å². The molecule has 0 aliphatic carbocycles. The van der Waals surface area contributed by atoms with Gasteiger partial charge in [0.1, 0.15) is 0 Å². The number of urea groups is 1. The molecule has 5 heteroatoms. The molecule has 0 aliphatic heterocycles. The molecule has 0 spiro atoms. The number of nitrogens with zero attached hydrogens (tertiary/aromatic N) is 2. The molecule has 0 aromatic heterocycles. The fourth-order valence-electron chi connectivity index (χ4n) is 1.95. The van der Waals surface area contributed by atoms with E-state index < -0.39 is 0 Å². The first-order chi connectivity index (χ1) is 10.5. The molecule has 0 heterocycles. The number of aryl methyl sites for hydroxylation is 2. The van der Waals surface area contributed by atoms with Gasteiger partial charge in [-0.1, -0.05) is 46.3 Å². The third kappa shape index (κ3) is 4.18. The summed E-state index contributed by atoms with van der Waals surface area (Å²) in [4.78, 5) is 12.2. The molecule has 114 valence electrons. The highest BCUT2D eigenvalue weighted by Gasteiger charge is 2.10. The maximum atomic E-state index is 12.2. The molecule has 0 fully saturated rings. The SMILES string of the molecule is Cc1cccc(C)c1NC(=O)N(C)N=Cc1ccc(Br)cc1. The topological polar surface area (TPSA) is 44.7 Å². The fourth-order valence-corrected chi connectivity index (χ4v) is 2.22. The number of carbonyl (C=O) groups is 1. The molecule has 2 aromatic carbocycles. The molecule has 22 heavy (non-hydrogen) atoms. The van der Waals surface area contributed by atoms with Crippen molar-refractivity contribution in [3.8, 4) is 0 Å². The summed E-state index contributed by atoms with van der Waals surface area (Å²) in [5, 5.41) is 8.34. The Labute approximate surface area is 139 Å². The third-order valence-corrected chi connectivity index (χ3v) is 3.79. The number of hydrogen-bond donors (Lipinski definition) is 1. The van der Waals surface area contributed by atoms with E-state index in [2.05, 4.69) is 26.3 Å². The molecule has 2 rings (SSSR count). The maximum absolute atomic E-state index is 12.2. The predicted octanol–water partition coefficient (Wildman–Crippen LogP) is 4.56. The van der Waals surface area contributed by atoms with Gasteiger partial charge in [-0.3, -0.25) is 0 Å². The Morgan fingerprint density at radius 3 is 2.32 bits per heavy atom. The summed E-state index contributed by atoms with van der Waals surface area (Å²) >= 11 is 3.38. The van der Waals surface area contributed by atoms with Gasteiger partial charge in [0.05, 0.1) is 6.21 Å². The number of hydrazone groups is 1. The average molecular weight is 360 g/mol. The monoisotopic (exact) mass is 359 g/mol. The molecule has 2 amide bonds. The smallest absolute Gasteiger partial charge is 0.306 e. The molecule has 0 radical (unpaired) electrons. The van der Waals surface area contributed by atoms with Crippen molar-refractivity contribution >= 4 is 33.9 Å². The lowest BCUT2D eigenvalue weighted by atomic mass is 10.1. The number of carbonyl (C=O) groups excluding carboxylic acids is 1. The number of para-hydroxylation sites is 1. The van der Waals surface area contributed by atoms with Gasteiger partial charge in [0.15, 0.2) is 0 Å². The van der Waals surface area contributed by atoms with Crippen LogP contribution < -0.4 is 5.32 Å². The highest BCUT2D eigenvalue weighted by Crippen LogP contribution is 2.19. The predicted molar refractivity (Wildman–Crippen MR) is 94.4 cm³/mol. The largest absolute Gasteiger partial charge is 0.341 e. The highest BCUT2D eigenvalue weighted by molar-refractivity contribution is 9.10. The van der Waals surface area contributed by atoms with E-state index in [9.17, 15) is 4.79 Å². The number of halogens is 1. The van der Waals surface area contributed by atoms with E-state index in [0.717, 1.165) is 26.9 Å².